The smallest absolute Gasteiger partial charge is 0.00206 e. The van der Waals surface area contributed by atoms with Crippen molar-refractivity contribution in [2.45, 2.75) is 0 Å². The van der Waals surface area contributed by atoms with Crippen LogP contribution >= 0.6 is 0 Å². The van der Waals surface area contributed by atoms with Gasteiger partial charge in [0.05, 0.1) is 0 Å². The van der Waals surface area contributed by atoms with Gasteiger partial charge in [0, 0.05) is 0 Å². The molecular formula is C50H30. The van der Waals surface area contributed by atoms with Crippen LogP contribution in [0.15, 0.2) is 182 Å². The molecule has 11 rings (SSSR count). The maximum absolute atomic E-state index is 2.39. The van der Waals surface area contributed by atoms with Crippen molar-refractivity contribution in [3.63, 3.8) is 0 Å². The van der Waals surface area contributed by atoms with E-state index in [-0.39, 0.29) is 0 Å². The Labute approximate surface area is 290 Å². The van der Waals surface area contributed by atoms with Crippen molar-refractivity contribution < 1.29 is 0 Å². The van der Waals surface area contributed by atoms with Crippen LogP contribution in [-0.4, -0.2) is 0 Å². The molecule has 0 heterocycles. The third-order valence-corrected chi connectivity index (χ3v) is 11.0. The summed E-state index contributed by atoms with van der Waals surface area (Å²) in [7, 11) is 0. The van der Waals surface area contributed by atoms with Crippen LogP contribution in [-0.2, 0) is 0 Å². The quantitative estimate of drug-likeness (QED) is 0.170. The summed E-state index contributed by atoms with van der Waals surface area (Å²) in [5.74, 6) is 0. The number of benzene rings is 11. The van der Waals surface area contributed by atoms with Crippen LogP contribution in [0.3, 0.4) is 0 Å². The summed E-state index contributed by atoms with van der Waals surface area (Å²) in [5, 5.41) is 15.8. The van der Waals surface area contributed by atoms with Gasteiger partial charge in [-0.15, -0.1) is 0 Å². The molecule has 0 heteroatoms. The van der Waals surface area contributed by atoms with E-state index in [4.69, 9.17) is 0 Å². The SMILES string of the molecule is c1ccc(-c2cc(-c3cccc(-c4ccc5ccc6cccc7ccc4c5c67)c3)ccc2-c2ccc3ccc4cccc5ccc2c3c45)cc1. The van der Waals surface area contributed by atoms with Crippen LogP contribution < -0.4 is 0 Å². The van der Waals surface area contributed by atoms with Gasteiger partial charge in [-0.3, -0.25) is 0 Å². The van der Waals surface area contributed by atoms with E-state index in [0.717, 1.165) is 0 Å². The van der Waals surface area contributed by atoms with Crippen molar-refractivity contribution in [2.24, 2.45) is 0 Å². The van der Waals surface area contributed by atoms with E-state index in [1.807, 2.05) is 0 Å². The monoisotopic (exact) mass is 630 g/mol. The molecule has 0 saturated carbocycles. The zero-order valence-electron chi connectivity index (χ0n) is 27.3. The average molecular weight is 631 g/mol. The van der Waals surface area contributed by atoms with Crippen molar-refractivity contribution in [1.82, 2.24) is 0 Å². The third kappa shape index (κ3) is 4.00. The van der Waals surface area contributed by atoms with Crippen LogP contribution in [0.1, 0.15) is 0 Å². The minimum Gasteiger partial charge on any atom is -0.0622 e. The lowest BCUT2D eigenvalue weighted by Gasteiger charge is -2.18. The van der Waals surface area contributed by atoms with E-state index >= 15 is 0 Å². The Morgan fingerprint density at radius 1 is 0.200 bits per heavy atom. The van der Waals surface area contributed by atoms with Gasteiger partial charge in [-0.1, -0.05) is 170 Å². The van der Waals surface area contributed by atoms with Crippen LogP contribution in [0.5, 0.6) is 0 Å². The summed E-state index contributed by atoms with van der Waals surface area (Å²) in [6.45, 7) is 0. The largest absolute Gasteiger partial charge is 0.0622 e. The summed E-state index contributed by atoms with van der Waals surface area (Å²) in [6.07, 6.45) is 0. The second-order valence-corrected chi connectivity index (χ2v) is 13.6. The summed E-state index contributed by atoms with van der Waals surface area (Å²) in [5.41, 5.74) is 9.91. The maximum atomic E-state index is 2.39. The lowest BCUT2D eigenvalue weighted by atomic mass is 9.86. The highest BCUT2D eigenvalue weighted by Gasteiger charge is 2.17. The summed E-state index contributed by atoms with van der Waals surface area (Å²) in [6, 6.07) is 67.7. The van der Waals surface area contributed by atoms with Crippen LogP contribution in [0.2, 0.25) is 0 Å². The zero-order chi connectivity index (χ0) is 32.8. The highest BCUT2D eigenvalue weighted by Crippen LogP contribution is 2.44. The molecule has 11 aromatic carbocycles. The summed E-state index contributed by atoms with van der Waals surface area (Å²) >= 11 is 0. The van der Waals surface area contributed by atoms with E-state index in [9.17, 15) is 0 Å². The van der Waals surface area contributed by atoms with Gasteiger partial charge in [-0.05, 0) is 121 Å². The molecule has 0 amide bonds. The lowest BCUT2D eigenvalue weighted by Crippen LogP contribution is -1.91. The van der Waals surface area contributed by atoms with Gasteiger partial charge in [0.2, 0.25) is 0 Å². The predicted molar refractivity (Wildman–Crippen MR) is 216 cm³/mol. The Morgan fingerprint density at radius 2 is 0.640 bits per heavy atom. The molecule has 0 aliphatic carbocycles. The minimum absolute atomic E-state index is 1.21. The molecule has 0 atom stereocenters. The molecule has 0 spiro atoms. The van der Waals surface area contributed by atoms with E-state index < -0.39 is 0 Å². The van der Waals surface area contributed by atoms with Crippen LogP contribution in [0.25, 0.3) is 109 Å². The molecule has 0 fully saturated rings. The maximum Gasteiger partial charge on any atom is -0.00206 e. The second-order valence-electron chi connectivity index (χ2n) is 13.6. The van der Waals surface area contributed by atoms with Crippen LogP contribution in [0, 0.1) is 0 Å². The highest BCUT2D eigenvalue weighted by molar-refractivity contribution is 6.27. The van der Waals surface area contributed by atoms with Crippen molar-refractivity contribution in [3.05, 3.63) is 182 Å². The molecule has 230 valence electrons. The van der Waals surface area contributed by atoms with E-state index in [1.54, 1.807) is 0 Å². The standard InChI is InChI=1S/C50H30/c1-2-7-31(8-3-1)46-30-39(23-26-43(46)42-25-20-37-18-16-33-10-5-12-35-22-28-45(42)50(37)48(33)35)38-13-6-14-40(29-38)41-24-19-36-17-15-32-9-4-11-34-21-27-44(41)49(36)47(32)34/h1-30H. The highest BCUT2D eigenvalue weighted by atomic mass is 14.2. The van der Waals surface area contributed by atoms with E-state index in [1.165, 1.54) is 109 Å². The zero-order valence-corrected chi connectivity index (χ0v) is 27.3. The van der Waals surface area contributed by atoms with E-state index in [2.05, 4.69) is 182 Å². The normalized spacial score (nSPS) is 12.0. The molecule has 0 N–H and O–H groups in total. The summed E-state index contributed by atoms with van der Waals surface area (Å²) < 4.78 is 0. The van der Waals surface area contributed by atoms with Crippen molar-refractivity contribution >= 4 is 64.6 Å². The fraction of sp³-hybridized carbons (Fsp3) is 0. The fourth-order valence-corrected chi connectivity index (χ4v) is 8.64. The molecule has 0 radical (unpaired) electrons. The first-order valence-corrected chi connectivity index (χ1v) is 17.4. The average Bonchev–Trinajstić information content (AvgIpc) is 3.19. The van der Waals surface area contributed by atoms with Crippen molar-refractivity contribution in [3.8, 4) is 44.5 Å². The fourth-order valence-electron chi connectivity index (χ4n) is 8.64. The number of rotatable bonds is 4. The Bertz CT molecular complexity index is 3040. The number of hydrogen-bond acceptors (Lipinski definition) is 0. The molecule has 0 aliphatic rings. The topological polar surface area (TPSA) is 0 Å². The molecule has 0 saturated heterocycles. The molecule has 0 aromatic heterocycles. The van der Waals surface area contributed by atoms with Gasteiger partial charge >= 0.3 is 0 Å². The third-order valence-electron chi connectivity index (χ3n) is 11.0. The van der Waals surface area contributed by atoms with Gasteiger partial charge in [-0.25, -0.2) is 0 Å². The van der Waals surface area contributed by atoms with Gasteiger partial charge in [-0.2, -0.15) is 0 Å². The molecule has 0 unspecified atom stereocenters. The van der Waals surface area contributed by atoms with E-state index in [0.29, 0.717) is 0 Å². The van der Waals surface area contributed by atoms with Crippen molar-refractivity contribution in [1.29, 1.82) is 0 Å². The van der Waals surface area contributed by atoms with Gasteiger partial charge in [0.1, 0.15) is 0 Å². The lowest BCUT2D eigenvalue weighted by molar-refractivity contribution is 1.57. The molecule has 0 nitrogen and oxygen atoms in total. The number of hydrogen-bond donors (Lipinski definition) is 0. The summed E-state index contributed by atoms with van der Waals surface area (Å²) in [4.78, 5) is 0. The molecule has 0 bridgehead atoms. The van der Waals surface area contributed by atoms with Crippen molar-refractivity contribution in [2.75, 3.05) is 0 Å². The first-order chi connectivity index (χ1) is 24.8. The first-order valence-electron chi connectivity index (χ1n) is 17.4. The minimum atomic E-state index is 1.21. The molecular weight excluding hydrogens is 601 g/mol. The molecule has 50 heavy (non-hydrogen) atoms. The second kappa shape index (κ2) is 10.5. The van der Waals surface area contributed by atoms with Crippen LogP contribution in [0.4, 0.5) is 0 Å². The Morgan fingerprint density at radius 3 is 1.28 bits per heavy atom. The van der Waals surface area contributed by atoms with Gasteiger partial charge in [0.25, 0.3) is 0 Å². The Balaban J connectivity index is 1.10. The predicted octanol–water partition coefficient (Wildman–Crippen LogP) is 14.1. The molecule has 0 aliphatic heterocycles. The molecule has 11 aromatic rings. The van der Waals surface area contributed by atoms with Gasteiger partial charge in [0.15, 0.2) is 0 Å². The Hall–Kier alpha value is -6.50. The Kier molecular flexibility index (Phi) is 5.76. The van der Waals surface area contributed by atoms with Gasteiger partial charge < -0.3 is 0 Å². The first kappa shape index (κ1) is 27.5.